The molecule has 0 radical (unpaired) electrons. The van der Waals surface area contributed by atoms with Crippen LogP contribution < -0.4 is 0 Å². The Kier molecular flexibility index (Phi) is 3.86. The van der Waals surface area contributed by atoms with Crippen LogP contribution in [0.25, 0.3) is 0 Å². The van der Waals surface area contributed by atoms with Gasteiger partial charge in [-0.1, -0.05) is 16.7 Å². The number of aryl methyl sites for hydroxylation is 2. The standard InChI is InChI=1S/C17H22N4O3/c1-10-14(11(2)23-19-10)7-15-18-17(20-24-15)13-6-16(22)21(9-13)8-12-4-3-5-12/h12-13H,3-9H2,1-2H3. The minimum atomic E-state index is 0.0414. The van der Waals surface area contributed by atoms with Gasteiger partial charge < -0.3 is 13.9 Å². The van der Waals surface area contributed by atoms with Gasteiger partial charge in [0.15, 0.2) is 5.82 Å². The van der Waals surface area contributed by atoms with Crippen molar-refractivity contribution in [2.75, 3.05) is 13.1 Å². The fourth-order valence-corrected chi connectivity index (χ4v) is 3.52. The van der Waals surface area contributed by atoms with E-state index in [9.17, 15) is 4.79 Å². The Bertz CT molecular complexity index is 727. The Morgan fingerprint density at radius 1 is 1.21 bits per heavy atom. The van der Waals surface area contributed by atoms with Gasteiger partial charge in [-0.15, -0.1) is 0 Å². The lowest BCUT2D eigenvalue weighted by Crippen LogP contribution is -2.33. The van der Waals surface area contributed by atoms with Gasteiger partial charge in [0.2, 0.25) is 11.8 Å². The van der Waals surface area contributed by atoms with Crippen LogP contribution in [0.2, 0.25) is 0 Å². The van der Waals surface area contributed by atoms with Crippen LogP contribution in [-0.4, -0.2) is 39.2 Å². The quantitative estimate of drug-likeness (QED) is 0.837. The summed E-state index contributed by atoms with van der Waals surface area (Å²) in [4.78, 5) is 18.7. The molecule has 128 valence electrons. The first-order chi connectivity index (χ1) is 11.6. The smallest absolute Gasteiger partial charge is 0.231 e. The Labute approximate surface area is 140 Å². The minimum Gasteiger partial charge on any atom is -0.361 e. The van der Waals surface area contributed by atoms with E-state index in [1.54, 1.807) is 0 Å². The molecule has 7 nitrogen and oxygen atoms in total. The van der Waals surface area contributed by atoms with E-state index in [0.29, 0.717) is 37.0 Å². The number of carbonyl (C=O) groups excluding carboxylic acids is 1. The van der Waals surface area contributed by atoms with Crippen molar-refractivity contribution < 1.29 is 13.8 Å². The van der Waals surface area contributed by atoms with E-state index < -0.39 is 0 Å². The summed E-state index contributed by atoms with van der Waals surface area (Å²) in [5.41, 5.74) is 1.83. The molecule has 3 heterocycles. The van der Waals surface area contributed by atoms with Crippen LogP contribution in [0.3, 0.4) is 0 Å². The highest BCUT2D eigenvalue weighted by atomic mass is 16.5. The fraction of sp³-hybridized carbons (Fsp3) is 0.647. The van der Waals surface area contributed by atoms with Crippen LogP contribution in [-0.2, 0) is 11.2 Å². The summed E-state index contributed by atoms with van der Waals surface area (Å²) < 4.78 is 10.5. The topological polar surface area (TPSA) is 85.3 Å². The summed E-state index contributed by atoms with van der Waals surface area (Å²) >= 11 is 0. The molecule has 2 aromatic rings. The predicted molar refractivity (Wildman–Crippen MR) is 84.4 cm³/mol. The van der Waals surface area contributed by atoms with Gasteiger partial charge in [-0.25, -0.2) is 0 Å². The third-order valence-electron chi connectivity index (χ3n) is 5.28. The van der Waals surface area contributed by atoms with E-state index in [0.717, 1.165) is 23.6 Å². The van der Waals surface area contributed by atoms with Gasteiger partial charge in [-0.05, 0) is 32.6 Å². The number of aromatic nitrogens is 3. The maximum atomic E-state index is 12.2. The first-order valence-electron chi connectivity index (χ1n) is 8.62. The zero-order chi connectivity index (χ0) is 16.7. The number of amides is 1. The van der Waals surface area contributed by atoms with Gasteiger partial charge in [-0.2, -0.15) is 4.98 Å². The lowest BCUT2D eigenvalue weighted by Gasteiger charge is -2.30. The molecule has 7 heteroatoms. The Balaban J connectivity index is 1.42. The maximum absolute atomic E-state index is 12.2. The second-order valence-corrected chi connectivity index (χ2v) is 7.02. The third-order valence-corrected chi connectivity index (χ3v) is 5.28. The van der Waals surface area contributed by atoms with Crippen molar-refractivity contribution in [2.45, 2.75) is 51.9 Å². The lowest BCUT2D eigenvalue weighted by molar-refractivity contribution is -0.128. The molecule has 1 amide bonds. The van der Waals surface area contributed by atoms with Gasteiger partial charge in [0.1, 0.15) is 5.76 Å². The molecule has 24 heavy (non-hydrogen) atoms. The van der Waals surface area contributed by atoms with E-state index in [4.69, 9.17) is 9.05 Å². The van der Waals surface area contributed by atoms with Crippen molar-refractivity contribution in [3.63, 3.8) is 0 Å². The molecule has 0 spiro atoms. The SMILES string of the molecule is Cc1noc(C)c1Cc1nc(C2CC(=O)N(CC3CCC3)C2)no1. The third kappa shape index (κ3) is 2.83. The second kappa shape index (κ2) is 6.03. The molecule has 1 saturated heterocycles. The molecule has 0 aromatic carbocycles. The molecular weight excluding hydrogens is 308 g/mol. The average molecular weight is 330 g/mol. The maximum Gasteiger partial charge on any atom is 0.231 e. The van der Waals surface area contributed by atoms with E-state index >= 15 is 0 Å². The summed E-state index contributed by atoms with van der Waals surface area (Å²) in [5, 5.41) is 8.05. The number of hydrogen-bond donors (Lipinski definition) is 0. The van der Waals surface area contributed by atoms with Crippen LogP contribution in [0.4, 0.5) is 0 Å². The van der Waals surface area contributed by atoms with Gasteiger partial charge in [0.05, 0.1) is 12.1 Å². The zero-order valence-corrected chi connectivity index (χ0v) is 14.1. The molecule has 1 aliphatic heterocycles. The highest BCUT2D eigenvalue weighted by Crippen LogP contribution is 2.32. The monoisotopic (exact) mass is 330 g/mol. The summed E-state index contributed by atoms with van der Waals surface area (Å²) in [6.07, 6.45) is 4.79. The minimum absolute atomic E-state index is 0.0414. The Hall–Kier alpha value is -2.18. The zero-order valence-electron chi connectivity index (χ0n) is 14.1. The highest BCUT2D eigenvalue weighted by molar-refractivity contribution is 5.79. The number of likely N-dealkylation sites (tertiary alicyclic amines) is 1. The summed E-state index contributed by atoms with van der Waals surface area (Å²) in [7, 11) is 0. The molecule has 4 rings (SSSR count). The predicted octanol–water partition coefficient (Wildman–Crippen LogP) is 2.38. The van der Waals surface area contributed by atoms with Crippen molar-refractivity contribution >= 4 is 5.91 Å². The van der Waals surface area contributed by atoms with Crippen LogP contribution in [0, 0.1) is 19.8 Å². The molecule has 1 atom stereocenters. The van der Waals surface area contributed by atoms with Crippen LogP contribution in [0.1, 0.15) is 60.3 Å². The molecule has 2 fully saturated rings. The molecule has 1 unspecified atom stereocenters. The van der Waals surface area contributed by atoms with Crippen molar-refractivity contribution in [2.24, 2.45) is 5.92 Å². The van der Waals surface area contributed by atoms with Crippen molar-refractivity contribution in [1.29, 1.82) is 0 Å². The molecule has 1 saturated carbocycles. The summed E-state index contributed by atoms with van der Waals surface area (Å²) in [5.74, 6) is 2.90. The first-order valence-corrected chi connectivity index (χ1v) is 8.62. The lowest BCUT2D eigenvalue weighted by atomic mass is 9.85. The molecule has 0 bridgehead atoms. The number of nitrogens with zero attached hydrogens (tertiary/aromatic N) is 4. The Morgan fingerprint density at radius 3 is 2.71 bits per heavy atom. The molecule has 1 aliphatic carbocycles. The second-order valence-electron chi connectivity index (χ2n) is 7.02. The Morgan fingerprint density at radius 2 is 2.04 bits per heavy atom. The van der Waals surface area contributed by atoms with Crippen LogP contribution in [0.15, 0.2) is 9.05 Å². The summed E-state index contributed by atoms with van der Waals surface area (Å²) in [6.45, 7) is 5.37. The van der Waals surface area contributed by atoms with Crippen molar-refractivity contribution in [3.05, 3.63) is 28.7 Å². The normalized spacial score (nSPS) is 21.5. The molecule has 2 aromatic heterocycles. The van der Waals surface area contributed by atoms with Crippen molar-refractivity contribution in [1.82, 2.24) is 20.2 Å². The number of carbonyl (C=O) groups is 1. The van der Waals surface area contributed by atoms with E-state index in [2.05, 4.69) is 15.3 Å². The molecule has 0 N–H and O–H groups in total. The van der Waals surface area contributed by atoms with E-state index in [-0.39, 0.29) is 11.8 Å². The van der Waals surface area contributed by atoms with Gasteiger partial charge in [-0.3, -0.25) is 4.79 Å². The van der Waals surface area contributed by atoms with Gasteiger partial charge >= 0.3 is 0 Å². The van der Waals surface area contributed by atoms with Crippen molar-refractivity contribution in [3.8, 4) is 0 Å². The molecular formula is C17H22N4O3. The average Bonchev–Trinajstić information content (AvgIpc) is 3.19. The van der Waals surface area contributed by atoms with Crippen LogP contribution in [0.5, 0.6) is 0 Å². The largest absolute Gasteiger partial charge is 0.361 e. The number of hydrogen-bond acceptors (Lipinski definition) is 6. The number of rotatable bonds is 5. The fourth-order valence-electron chi connectivity index (χ4n) is 3.52. The first kappa shape index (κ1) is 15.4. The molecule has 2 aliphatic rings. The van der Waals surface area contributed by atoms with Crippen LogP contribution >= 0.6 is 0 Å². The van der Waals surface area contributed by atoms with Gasteiger partial charge in [0, 0.05) is 31.0 Å². The van der Waals surface area contributed by atoms with Gasteiger partial charge in [0.25, 0.3) is 0 Å². The van der Waals surface area contributed by atoms with E-state index in [1.807, 2.05) is 18.7 Å². The summed E-state index contributed by atoms with van der Waals surface area (Å²) in [6, 6.07) is 0. The van der Waals surface area contributed by atoms with E-state index in [1.165, 1.54) is 19.3 Å². The highest BCUT2D eigenvalue weighted by Gasteiger charge is 2.35.